The van der Waals surface area contributed by atoms with E-state index in [0.717, 1.165) is 31.2 Å². The Labute approximate surface area is 107 Å². The second-order valence-corrected chi connectivity index (χ2v) is 5.13. The summed E-state index contributed by atoms with van der Waals surface area (Å²) in [6.45, 7) is 2.25. The van der Waals surface area contributed by atoms with E-state index in [1.54, 1.807) is 12.1 Å². The number of carbonyl (C=O) groups excluding carboxylic acids is 1. The molecule has 1 aromatic rings. The minimum Gasteiger partial charge on any atom is -0.345 e. The Kier molecular flexibility index (Phi) is 3.66. The van der Waals surface area contributed by atoms with Crippen LogP contribution >= 0.6 is 0 Å². The van der Waals surface area contributed by atoms with Crippen LogP contribution in [0.2, 0.25) is 0 Å². The van der Waals surface area contributed by atoms with Gasteiger partial charge in [-0.15, -0.1) is 0 Å². The molecule has 1 saturated carbocycles. The number of aryl methyl sites for hydroxylation is 1. The number of hydrogen-bond donors (Lipinski definition) is 2. The zero-order valence-electron chi connectivity index (χ0n) is 10.6. The van der Waals surface area contributed by atoms with E-state index in [4.69, 9.17) is 5.73 Å². The molecule has 3 N–H and O–H groups in total. The van der Waals surface area contributed by atoms with Crippen molar-refractivity contribution in [2.45, 2.75) is 38.1 Å². The van der Waals surface area contributed by atoms with Gasteiger partial charge in [0.25, 0.3) is 5.91 Å². The van der Waals surface area contributed by atoms with Gasteiger partial charge in [0.2, 0.25) is 0 Å². The molecule has 3 nitrogen and oxygen atoms in total. The van der Waals surface area contributed by atoms with Gasteiger partial charge in [0.05, 0.1) is 11.1 Å². The van der Waals surface area contributed by atoms with Gasteiger partial charge >= 0.3 is 0 Å². The van der Waals surface area contributed by atoms with Gasteiger partial charge in [-0.1, -0.05) is 24.5 Å². The molecular formula is C14H19FN2O. The minimum atomic E-state index is -0.483. The molecule has 1 amide bonds. The zero-order valence-corrected chi connectivity index (χ0v) is 10.6. The Morgan fingerprint density at radius 2 is 2.11 bits per heavy atom. The quantitative estimate of drug-likeness (QED) is 0.863. The molecule has 1 aliphatic carbocycles. The van der Waals surface area contributed by atoms with E-state index in [1.165, 1.54) is 6.07 Å². The molecule has 1 aromatic carbocycles. The van der Waals surface area contributed by atoms with Crippen molar-refractivity contribution in [3.63, 3.8) is 0 Å². The third kappa shape index (κ3) is 2.53. The summed E-state index contributed by atoms with van der Waals surface area (Å²) < 4.78 is 13.6. The third-order valence-corrected chi connectivity index (χ3v) is 3.70. The van der Waals surface area contributed by atoms with Crippen LogP contribution in [0.3, 0.4) is 0 Å². The highest BCUT2D eigenvalue weighted by atomic mass is 19.1. The molecule has 0 atom stereocenters. The maximum Gasteiger partial charge on any atom is 0.254 e. The second kappa shape index (κ2) is 5.06. The van der Waals surface area contributed by atoms with Crippen LogP contribution in [0.25, 0.3) is 0 Å². The van der Waals surface area contributed by atoms with Crippen LogP contribution in [0.15, 0.2) is 18.2 Å². The summed E-state index contributed by atoms with van der Waals surface area (Å²) in [6.07, 6.45) is 3.88. The summed E-state index contributed by atoms with van der Waals surface area (Å²) in [4.78, 5) is 12.1. The van der Waals surface area contributed by atoms with Crippen LogP contribution in [-0.2, 0) is 0 Å². The first kappa shape index (κ1) is 13.0. The van der Waals surface area contributed by atoms with Gasteiger partial charge in [-0.3, -0.25) is 4.79 Å². The molecule has 0 aliphatic heterocycles. The lowest BCUT2D eigenvalue weighted by Gasteiger charge is -2.28. The van der Waals surface area contributed by atoms with Gasteiger partial charge in [-0.05, 0) is 31.9 Å². The van der Waals surface area contributed by atoms with Crippen molar-refractivity contribution in [3.05, 3.63) is 35.1 Å². The van der Waals surface area contributed by atoms with Crippen molar-refractivity contribution in [2.75, 3.05) is 6.54 Å². The fourth-order valence-corrected chi connectivity index (χ4v) is 2.55. The fourth-order valence-electron chi connectivity index (χ4n) is 2.55. The van der Waals surface area contributed by atoms with E-state index in [2.05, 4.69) is 5.32 Å². The molecule has 0 heterocycles. The number of nitrogens with two attached hydrogens (primary N) is 1. The highest BCUT2D eigenvalue weighted by molar-refractivity contribution is 5.95. The van der Waals surface area contributed by atoms with E-state index >= 15 is 0 Å². The van der Waals surface area contributed by atoms with E-state index < -0.39 is 5.82 Å². The maximum atomic E-state index is 13.6. The van der Waals surface area contributed by atoms with Gasteiger partial charge < -0.3 is 11.1 Å². The molecular weight excluding hydrogens is 231 g/mol. The Balaban J connectivity index is 2.18. The number of halogens is 1. The zero-order chi connectivity index (χ0) is 13.2. The van der Waals surface area contributed by atoms with Crippen LogP contribution in [-0.4, -0.2) is 18.0 Å². The minimum absolute atomic E-state index is 0.106. The molecule has 0 aromatic heterocycles. The molecule has 98 valence electrons. The predicted octanol–water partition coefficient (Wildman–Crippen LogP) is 2.14. The van der Waals surface area contributed by atoms with E-state index in [9.17, 15) is 9.18 Å². The van der Waals surface area contributed by atoms with Crippen molar-refractivity contribution in [1.29, 1.82) is 0 Å². The smallest absolute Gasteiger partial charge is 0.254 e. The average Bonchev–Trinajstić information content (AvgIpc) is 2.81. The first-order valence-corrected chi connectivity index (χ1v) is 6.35. The van der Waals surface area contributed by atoms with E-state index in [-0.39, 0.29) is 17.0 Å². The average molecular weight is 250 g/mol. The lowest BCUT2D eigenvalue weighted by molar-refractivity contribution is 0.0899. The predicted molar refractivity (Wildman–Crippen MR) is 68.9 cm³/mol. The highest BCUT2D eigenvalue weighted by Crippen LogP contribution is 2.29. The summed E-state index contributed by atoms with van der Waals surface area (Å²) in [7, 11) is 0. The van der Waals surface area contributed by atoms with Crippen molar-refractivity contribution < 1.29 is 9.18 Å². The van der Waals surface area contributed by atoms with Crippen molar-refractivity contribution in [3.8, 4) is 0 Å². The summed E-state index contributed by atoms with van der Waals surface area (Å²) in [5.41, 5.74) is 6.39. The number of carbonyl (C=O) groups is 1. The molecule has 2 rings (SSSR count). The monoisotopic (exact) mass is 250 g/mol. The summed E-state index contributed by atoms with van der Waals surface area (Å²) in [6, 6.07) is 4.55. The normalized spacial score (nSPS) is 17.7. The lowest BCUT2D eigenvalue weighted by atomic mass is 9.97. The van der Waals surface area contributed by atoms with Gasteiger partial charge in [0.15, 0.2) is 0 Å². The molecule has 1 aliphatic rings. The van der Waals surface area contributed by atoms with Crippen molar-refractivity contribution in [2.24, 2.45) is 5.73 Å². The number of amides is 1. The van der Waals surface area contributed by atoms with Crippen LogP contribution in [0.1, 0.15) is 41.6 Å². The largest absolute Gasteiger partial charge is 0.345 e. The molecule has 0 spiro atoms. The SMILES string of the molecule is Cc1ccc(F)c(C(=O)NC2(CN)CCCC2)c1. The Bertz CT molecular complexity index is 453. The highest BCUT2D eigenvalue weighted by Gasteiger charge is 2.34. The Morgan fingerprint density at radius 3 is 2.72 bits per heavy atom. The summed E-state index contributed by atoms with van der Waals surface area (Å²) in [5, 5.41) is 2.92. The van der Waals surface area contributed by atoms with Gasteiger partial charge in [0.1, 0.15) is 5.82 Å². The standard InChI is InChI=1S/C14H19FN2O/c1-10-4-5-12(15)11(8-10)13(18)17-14(9-16)6-2-3-7-14/h4-5,8H,2-3,6-7,9,16H2,1H3,(H,17,18). The fraction of sp³-hybridized carbons (Fsp3) is 0.500. The molecule has 0 unspecified atom stereocenters. The van der Waals surface area contributed by atoms with Gasteiger partial charge in [-0.25, -0.2) is 4.39 Å². The first-order valence-electron chi connectivity index (χ1n) is 6.35. The lowest BCUT2D eigenvalue weighted by Crippen LogP contribution is -2.51. The molecule has 0 bridgehead atoms. The number of benzene rings is 1. The van der Waals surface area contributed by atoms with Crippen LogP contribution in [0.4, 0.5) is 4.39 Å². The molecule has 4 heteroatoms. The molecule has 18 heavy (non-hydrogen) atoms. The van der Waals surface area contributed by atoms with Crippen molar-refractivity contribution >= 4 is 5.91 Å². The Hall–Kier alpha value is -1.42. The van der Waals surface area contributed by atoms with Crippen LogP contribution < -0.4 is 11.1 Å². The van der Waals surface area contributed by atoms with E-state index in [0.29, 0.717) is 6.54 Å². The van der Waals surface area contributed by atoms with Crippen LogP contribution in [0, 0.1) is 12.7 Å². The molecule has 1 fully saturated rings. The Morgan fingerprint density at radius 1 is 1.44 bits per heavy atom. The molecule has 0 radical (unpaired) electrons. The number of rotatable bonds is 3. The summed E-state index contributed by atoms with van der Waals surface area (Å²) >= 11 is 0. The second-order valence-electron chi connectivity index (χ2n) is 5.13. The first-order chi connectivity index (χ1) is 8.56. The number of hydrogen-bond acceptors (Lipinski definition) is 2. The molecule has 0 saturated heterocycles. The van der Waals surface area contributed by atoms with Crippen molar-refractivity contribution in [1.82, 2.24) is 5.32 Å². The summed E-state index contributed by atoms with van der Waals surface area (Å²) in [5.74, 6) is -0.841. The maximum absolute atomic E-state index is 13.6. The third-order valence-electron chi connectivity index (χ3n) is 3.70. The van der Waals surface area contributed by atoms with Gasteiger partial charge in [-0.2, -0.15) is 0 Å². The topological polar surface area (TPSA) is 55.1 Å². The van der Waals surface area contributed by atoms with Crippen LogP contribution in [0.5, 0.6) is 0 Å². The van der Waals surface area contributed by atoms with E-state index in [1.807, 2.05) is 6.92 Å². The number of nitrogens with one attached hydrogen (secondary N) is 1. The van der Waals surface area contributed by atoms with Gasteiger partial charge in [0, 0.05) is 6.54 Å².